The second-order valence-corrected chi connectivity index (χ2v) is 0.797. The molecule has 8 heteroatoms. The van der Waals surface area contributed by atoms with E-state index < -0.39 is 15.9 Å². The van der Waals surface area contributed by atoms with Crippen molar-refractivity contribution >= 4 is 57.4 Å². The second-order valence-electron chi connectivity index (χ2n) is 0.797. The van der Waals surface area contributed by atoms with Gasteiger partial charge in [0, 0.05) is 51.4 Å². The Morgan fingerprint density at radius 1 is 1.11 bits per heavy atom. The van der Waals surface area contributed by atoms with Gasteiger partial charge in [-0.15, -0.1) is 4.79 Å². The summed E-state index contributed by atoms with van der Waals surface area (Å²) >= 11 is 0. The van der Waals surface area contributed by atoms with Crippen LogP contribution in [0.2, 0.25) is 0 Å². The fourth-order valence-electron chi connectivity index (χ4n) is 0.0667. The third-order valence-corrected chi connectivity index (χ3v) is 0.312. The van der Waals surface area contributed by atoms with Crippen LogP contribution in [0.5, 0.6) is 0 Å². The van der Waals surface area contributed by atoms with Crippen LogP contribution in [0.1, 0.15) is 0 Å². The van der Waals surface area contributed by atoms with E-state index >= 15 is 0 Å². The monoisotopic (exact) mass is 159 g/mol. The molecule has 0 unspecified atom stereocenters. The van der Waals surface area contributed by atoms with E-state index in [4.69, 9.17) is 20.2 Å². The number of carbonyl (C=O) groups is 1. The molecule has 45 valence electrons. The molecule has 0 atom stereocenters. The van der Waals surface area contributed by atoms with E-state index in [1.807, 2.05) is 0 Å². The normalized spacial score (nSPS) is 7.11. The van der Waals surface area contributed by atoms with Gasteiger partial charge < -0.3 is 0 Å². The van der Waals surface area contributed by atoms with E-state index in [2.05, 4.69) is 0 Å². The summed E-state index contributed by atoms with van der Waals surface area (Å²) in [5, 5.41) is 18.3. The van der Waals surface area contributed by atoms with Gasteiger partial charge in [-0.05, 0) is 0 Å². The molecule has 0 fully saturated rings. The number of nitro groups is 2. The van der Waals surface area contributed by atoms with Crippen molar-refractivity contribution in [3.8, 4) is 0 Å². The predicted octanol–water partition coefficient (Wildman–Crippen LogP) is -0.721. The molecular weight excluding hydrogens is 159 g/mol. The van der Waals surface area contributed by atoms with Crippen molar-refractivity contribution in [1.82, 2.24) is 0 Å². The van der Waals surface area contributed by atoms with Gasteiger partial charge in [0.15, 0.2) is 9.85 Å². The van der Waals surface area contributed by atoms with Crippen LogP contribution in [0, 0.1) is 20.2 Å². The summed E-state index contributed by atoms with van der Waals surface area (Å²) in [4.78, 5) is 24.6. The molecule has 9 heavy (non-hydrogen) atoms. The minimum atomic E-state index is -2.20. The van der Waals surface area contributed by atoms with Crippen LogP contribution < -0.4 is 0 Å². The van der Waals surface area contributed by atoms with Gasteiger partial charge in [0.2, 0.25) is 0 Å². The molecule has 0 aromatic rings. The summed E-state index contributed by atoms with van der Waals surface area (Å²) in [5.74, 6) is 0. The summed E-state index contributed by atoms with van der Waals surface area (Å²) in [6.07, 6.45) is 0. The number of hydrogen-bond acceptors (Lipinski definition) is 5. The molecule has 0 saturated carbocycles. The van der Waals surface area contributed by atoms with E-state index in [0.29, 0.717) is 0 Å². The maximum Gasteiger partial charge on any atom is 0.789 e. The van der Waals surface area contributed by atoms with E-state index in [0.717, 1.165) is 0 Å². The molecule has 0 rings (SSSR count). The Morgan fingerprint density at radius 3 is 1.33 bits per heavy atom. The van der Waals surface area contributed by atoms with Crippen LogP contribution in [0.3, 0.4) is 0 Å². The summed E-state index contributed by atoms with van der Waals surface area (Å²) in [7, 11) is 0. The van der Waals surface area contributed by atoms with Crippen molar-refractivity contribution in [2.75, 3.05) is 0 Å². The van der Waals surface area contributed by atoms with Gasteiger partial charge in [-0.1, -0.05) is 0 Å². The fraction of sp³-hybridized carbons (Fsp3) is 0. The number of nitrogens with zero attached hydrogens (tertiary/aromatic N) is 2. The van der Waals surface area contributed by atoms with E-state index in [1.165, 1.54) is 0 Å². The van der Waals surface area contributed by atoms with Gasteiger partial charge in [0.25, 0.3) is 0 Å². The topological polar surface area (TPSA) is 103 Å². The molecule has 0 heterocycles. The SMILES string of the molecule is O=C([N+](=O)[O-])[N+](=O)[O-].[K]. The van der Waals surface area contributed by atoms with E-state index in [1.54, 1.807) is 0 Å². The Balaban J connectivity index is 0. The first-order valence-electron chi connectivity index (χ1n) is 1.38. The third kappa shape index (κ3) is 4.60. The van der Waals surface area contributed by atoms with E-state index in [9.17, 15) is 4.79 Å². The van der Waals surface area contributed by atoms with Crippen LogP contribution in [0.15, 0.2) is 0 Å². The van der Waals surface area contributed by atoms with Crippen LogP contribution >= 0.6 is 0 Å². The van der Waals surface area contributed by atoms with E-state index in [-0.39, 0.29) is 51.4 Å². The molecule has 0 saturated heterocycles. The van der Waals surface area contributed by atoms with Crippen molar-refractivity contribution in [1.29, 1.82) is 0 Å². The minimum absolute atomic E-state index is 0. The maximum atomic E-state index is 9.44. The summed E-state index contributed by atoms with van der Waals surface area (Å²) in [6, 6.07) is -2.20. The zero-order valence-corrected chi connectivity index (χ0v) is 7.56. The number of urea groups is 1. The first-order chi connectivity index (χ1) is 3.55. The maximum absolute atomic E-state index is 9.44. The molecule has 0 N–H and O–H groups in total. The third-order valence-electron chi connectivity index (χ3n) is 0.312. The molecule has 0 aliphatic carbocycles. The van der Waals surface area contributed by atoms with Crippen molar-refractivity contribution in [2.45, 2.75) is 0 Å². The number of hydrogen-bond donors (Lipinski definition) is 0. The predicted molar refractivity (Wildman–Crippen MR) is 25.1 cm³/mol. The van der Waals surface area contributed by atoms with Crippen molar-refractivity contribution in [2.24, 2.45) is 0 Å². The van der Waals surface area contributed by atoms with Gasteiger partial charge in [-0.25, -0.2) is 0 Å². The molecule has 2 amide bonds. The number of rotatable bonds is 0. The Morgan fingerprint density at radius 2 is 1.33 bits per heavy atom. The van der Waals surface area contributed by atoms with Crippen molar-refractivity contribution in [3.05, 3.63) is 20.2 Å². The molecule has 7 nitrogen and oxygen atoms in total. The van der Waals surface area contributed by atoms with Crippen LogP contribution in [-0.4, -0.2) is 67.3 Å². The molecule has 0 aromatic heterocycles. The van der Waals surface area contributed by atoms with Crippen molar-refractivity contribution < 1.29 is 14.6 Å². The first kappa shape index (κ1) is 11.8. The summed E-state index contributed by atoms with van der Waals surface area (Å²) in [6.45, 7) is 0. The molecule has 1 radical (unpaired) electrons. The second kappa shape index (κ2) is 4.94. The average Bonchev–Trinajstić information content (AvgIpc) is 1.64. The average molecular weight is 159 g/mol. The van der Waals surface area contributed by atoms with Gasteiger partial charge in [-0.3, -0.25) is 20.2 Å². The molecule has 0 spiro atoms. The Kier molecular flexibility index (Phi) is 6.50. The zero-order chi connectivity index (χ0) is 6.73. The fourth-order valence-corrected chi connectivity index (χ4v) is 0.0667. The molecule has 0 bridgehead atoms. The van der Waals surface area contributed by atoms with Crippen LogP contribution in [0.4, 0.5) is 4.79 Å². The number of carbonyl (C=O) groups excluding carboxylic acids is 1. The molecule has 0 aliphatic heterocycles. The molecular formula is CKN2O5. The van der Waals surface area contributed by atoms with Crippen molar-refractivity contribution in [3.63, 3.8) is 0 Å². The minimum Gasteiger partial charge on any atom is -0.250 e. The molecule has 0 aliphatic rings. The largest absolute Gasteiger partial charge is 0.789 e. The zero-order valence-electron chi connectivity index (χ0n) is 4.44. The van der Waals surface area contributed by atoms with Crippen LogP contribution in [-0.2, 0) is 0 Å². The standard InChI is InChI=1S/CN2O5.K/c4-1(2(5)6)3(7)8;. The Labute approximate surface area is 91.1 Å². The number of amides is 2. The van der Waals surface area contributed by atoms with Gasteiger partial charge in [-0.2, -0.15) is 0 Å². The summed E-state index contributed by atoms with van der Waals surface area (Å²) < 4.78 is 0. The van der Waals surface area contributed by atoms with Gasteiger partial charge in [0.1, 0.15) is 0 Å². The molecule has 0 aromatic carbocycles. The smallest absolute Gasteiger partial charge is 0.250 e. The van der Waals surface area contributed by atoms with Crippen LogP contribution in [0.25, 0.3) is 0 Å². The van der Waals surface area contributed by atoms with Gasteiger partial charge >= 0.3 is 6.03 Å². The Hall–Kier alpha value is 0.106. The Bertz CT molecular complexity index is 137. The quantitative estimate of drug-likeness (QED) is 0.263. The summed E-state index contributed by atoms with van der Waals surface area (Å²) in [5.41, 5.74) is 0. The first-order valence-corrected chi connectivity index (χ1v) is 1.38. The van der Waals surface area contributed by atoms with Gasteiger partial charge in [0.05, 0.1) is 0 Å².